The number of carboxylic acids is 1. The van der Waals surface area contributed by atoms with Gasteiger partial charge in [0.25, 0.3) is 5.56 Å². The Balaban J connectivity index is 2.31. The molecule has 1 atom stereocenters. The van der Waals surface area contributed by atoms with Gasteiger partial charge in [-0.25, -0.2) is 4.79 Å². The van der Waals surface area contributed by atoms with E-state index in [-0.39, 0.29) is 11.5 Å². The van der Waals surface area contributed by atoms with Crippen LogP contribution in [-0.4, -0.2) is 15.6 Å². The molecule has 0 aliphatic heterocycles. The fourth-order valence-corrected chi connectivity index (χ4v) is 2.75. The van der Waals surface area contributed by atoms with E-state index in [9.17, 15) is 14.7 Å². The summed E-state index contributed by atoms with van der Waals surface area (Å²) in [7, 11) is 0. The highest BCUT2D eigenvalue weighted by molar-refractivity contribution is 5.71. The number of nitrogens with zero attached hydrogens (tertiary/aromatic N) is 1. The summed E-state index contributed by atoms with van der Waals surface area (Å²) >= 11 is 0. The molecule has 1 unspecified atom stereocenters. The van der Waals surface area contributed by atoms with Crippen LogP contribution in [0.5, 0.6) is 11.5 Å². The topological polar surface area (TPSA) is 68.5 Å². The lowest BCUT2D eigenvalue weighted by Crippen LogP contribution is -2.30. The minimum Gasteiger partial charge on any atom is -0.480 e. The average Bonchev–Trinajstić information content (AvgIpc) is 2.53. The summed E-state index contributed by atoms with van der Waals surface area (Å²) < 4.78 is 7.12. The van der Waals surface area contributed by atoms with Crippen molar-refractivity contribution in [2.75, 3.05) is 0 Å². The van der Waals surface area contributed by atoms with Crippen molar-refractivity contribution in [2.45, 2.75) is 46.1 Å². The highest BCUT2D eigenvalue weighted by Crippen LogP contribution is 2.30. The van der Waals surface area contributed by atoms with Crippen molar-refractivity contribution in [3.8, 4) is 11.5 Å². The number of carbonyl (C=O) groups is 1. The molecule has 5 heteroatoms. The van der Waals surface area contributed by atoms with Crippen LogP contribution in [0.25, 0.3) is 0 Å². The molecule has 134 valence electrons. The molecule has 0 saturated carbocycles. The molecule has 1 heterocycles. The minimum atomic E-state index is -1.00. The van der Waals surface area contributed by atoms with Gasteiger partial charge in [0, 0.05) is 12.3 Å². The Labute approximate surface area is 147 Å². The van der Waals surface area contributed by atoms with Crippen molar-refractivity contribution in [3.63, 3.8) is 0 Å². The third kappa shape index (κ3) is 4.72. The number of benzene rings is 1. The lowest BCUT2D eigenvalue weighted by atomic mass is 10.0. The smallest absolute Gasteiger partial charge is 0.326 e. The number of pyridine rings is 1. The molecule has 1 aromatic carbocycles. The third-order valence-electron chi connectivity index (χ3n) is 4.00. The molecule has 25 heavy (non-hydrogen) atoms. The lowest BCUT2D eigenvalue weighted by Gasteiger charge is -2.18. The number of hydrogen-bond acceptors (Lipinski definition) is 3. The number of aliphatic carboxylic acids is 1. The van der Waals surface area contributed by atoms with E-state index in [0.717, 1.165) is 5.56 Å². The number of hydrogen-bond donors (Lipinski definition) is 1. The summed E-state index contributed by atoms with van der Waals surface area (Å²) in [5, 5.41) is 9.41. The first-order valence-electron chi connectivity index (χ1n) is 8.51. The molecular weight excluding hydrogens is 318 g/mol. The first kappa shape index (κ1) is 18.8. The molecule has 0 radical (unpaired) electrons. The summed E-state index contributed by atoms with van der Waals surface area (Å²) in [4.78, 5) is 23.9. The molecule has 0 aliphatic rings. The van der Waals surface area contributed by atoms with Gasteiger partial charge in [-0.15, -0.1) is 0 Å². The zero-order chi connectivity index (χ0) is 18.6. The van der Waals surface area contributed by atoms with E-state index in [1.807, 2.05) is 38.1 Å². The van der Waals surface area contributed by atoms with Crippen LogP contribution in [0.15, 0.2) is 47.4 Å². The first-order chi connectivity index (χ1) is 11.8. The van der Waals surface area contributed by atoms with Gasteiger partial charge in [-0.3, -0.25) is 4.79 Å². The molecule has 5 nitrogen and oxygen atoms in total. The fraction of sp³-hybridized carbons (Fsp3) is 0.400. The molecule has 0 saturated heterocycles. The van der Waals surface area contributed by atoms with E-state index in [4.69, 9.17) is 4.74 Å². The predicted molar refractivity (Wildman–Crippen MR) is 97.4 cm³/mol. The second-order valence-corrected chi connectivity index (χ2v) is 6.89. The van der Waals surface area contributed by atoms with E-state index in [2.05, 4.69) is 13.8 Å². The van der Waals surface area contributed by atoms with Gasteiger partial charge < -0.3 is 14.4 Å². The Bertz CT molecular complexity index is 792. The summed E-state index contributed by atoms with van der Waals surface area (Å²) in [6.07, 6.45) is 1.89. The highest BCUT2D eigenvalue weighted by atomic mass is 16.5. The summed E-state index contributed by atoms with van der Waals surface area (Å²) in [5.41, 5.74) is 0.669. The van der Waals surface area contributed by atoms with Gasteiger partial charge in [0.15, 0.2) is 0 Å². The average molecular weight is 343 g/mol. The van der Waals surface area contributed by atoms with E-state index in [1.165, 1.54) is 16.8 Å². The van der Waals surface area contributed by atoms with Crippen molar-refractivity contribution in [2.24, 2.45) is 5.92 Å². The largest absolute Gasteiger partial charge is 0.480 e. The number of carboxylic acid groups (broad SMARTS) is 1. The van der Waals surface area contributed by atoms with Gasteiger partial charge in [-0.2, -0.15) is 0 Å². The third-order valence-corrected chi connectivity index (χ3v) is 4.00. The van der Waals surface area contributed by atoms with Gasteiger partial charge in [0.05, 0.1) is 0 Å². The maximum absolute atomic E-state index is 12.4. The normalized spacial score (nSPS) is 12.4. The second-order valence-electron chi connectivity index (χ2n) is 6.89. The predicted octanol–water partition coefficient (Wildman–Crippen LogP) is 4.44. The van der Waals surface area contributed by atoms with Crippen molar-refractivity contribution < 1.29 is 14.6 Å². The molecule has 0 fully saturated rings. The minimum absolute atomic E-state index is 0.168. The van der Waals surface area contributed by atoms with Gasteiger partial charge in [0.1, 0.15) is 17.5 Å². The Morgan fingerprint density at radius 3 is 2.40 bits per heavy atom. The second kappa shape index (κ2) is 8.01. The fourth-order valence-electron chi connectivity index (χ4n) is 2.75. The molecule has 2 aromatic rings. The number of ether oxygens (including phenoxy) is 1. The van der Waals surface area contributed by atoms with Crippen LogP contribution in [-0.2, 0) is 4.79 Å². The Morgan fingerprint density at radius 2 is 1.84 bits per heavy atom. The number of rotatable bonds is 7. The van der Waals surface area contributed by atoms with E-state index >= 15 is 0 Å². The molecule has 1 aromatic heterocycles. The summed E-state index contributed by atoms with van der Waals surface area (Å²) in [5.74, 6) is 0.560. The number of aromatic nitrogens is 1. The first-order valence-corrected chi connectivity index (χ1v) is 8.51. The SMILES string of the molecule is CC(C)CC(C(=O)O)n1ccc(Oc2ccccc2C(C)C)cc1=O. The van der Waals surface area contributed by atoms with Crippen LogP contribution in [0.3, 0.4) is 0 Å². The van der Waals surface area contributed by atoms with Gasteiger partial charge in [-0.1, -0.05) is 45.9 Å². The lowest BCUT2D eigenvalue weighted by molar-refractivity contribution is -0.141. The zero-order valence-corrected chi connectivity index (χ0v) is 15.1. The molecule has 2 rings (SSSR count). The maximum atomic E-state index is 12.4. The Morgan fingerprint density at radius 1 is 1.16 bits per heavy atom. The molecular formula is C20H25NO4. The quantitative estimate of drug-likeness (QED) is 0.807. The molecule has 0 aliphatic carbocycles. The van der Waals surface area contributed by atoms with Crippen LogP contribution in [0, 0.1) is 5.92 Å². The van der Waals surface area contributed by atoms with E-state index < -0.39 is 12.0 Å². The standard InChI is InChI=1S/C20H25NO4/c1-13(2)11-17(20(23)24)21-10-9-15(12-19(21)22)25-18-8-6-5-7-16(18)14(3)4/h5-10,12-14,17H,11H2,1-4H3,(H,23,24). The van der Waals surface area contributed by atoms with Gasteiger partial charge >= 0.3 is 5.97 Å². The van der Waals surface area contributed by atoms with Crippen molar-refractivity contribution in [3.05, 3.63) is 58.5 Å². The van der Waals surface area contributed by atoms with Crippen LogP contribution in [0.4, 0.5) is 0 Å². The maximum Gasteiger partial charge on any atom is 0.326 e. The Kier molecular flexibility index (Phi) is 6.02. The summed E-state index contributed by atoms with van der Waals surface area (Å²) in [6, 6.07) is 9.78. The van der Waals surface area contributed by atoms with Gasteiger partial charge in [-0.05, 0) is 36.0 Å². The van der Waals surface area contributed by atoms with E-state index in [0.29, 0.717) is 23.8 Å². The molecule has 0 amide bonds. The Hall–Kier alpha value is -2.56. The molecule has 1 N–H and O–H groups in total. The molecule has 0 bridgehead atoms. The van der Waals surface area contributed by atoms with Crippen molar-refractivity contribution in [1.82, 2.24) is 4.57 Å². The van der Waals surface area contributed by atoms with Crippen LogP contribution >= 0.6 is 0 Å². The zero-order valence-electron chi connectivity index (χ0n) is 15.1. The molecule has 0 spiro atoms. The summed E-state index contributed by atoms with van der Waals surface area (Å²) in [6.45, 7) is 8.01. The monoisotopic (exact) mass is 343 g/mol. The van der Waals surface area contributed by atoms with Crippen molar-refractivity contribution in [1.29, 1.82) is 0 Å². The number of para-hydroxylation sites is 1. The van der Waals surface area contributed by atoms with Crippen molar-refractivity contribution >= 4 is 5.97 Å². The highest BCUT2D eigenvalue weighted by Gasteiger charge is 2.22. The van der Waals surface area contributed by atoms with Crippen LogP contribution < -0.4 is 10.3 Å². The van der Waals surface area contributed by atoms with Gasteiger partial charge in [0.2, 0.25) is 0 Å². The van der Waals surface area contributed by atoms with Crippen LogP contribution in [0.2, 0.25) is 0 Å². The van der Waals surface area contributed by atoms with E-state index in [1.54, 1.807) is 6.07 Å². The van der Waals surface area contributed by atoms with Crippen LogP contribution in [0.1, 0.15) is 51.6 Å².